The van der Waals surface area contributed by atoms with Crippen LogP contribution in [0.3, 0.4) is 0 Å². The van der Waals surface area contributed by atoms with Crippen molar-refractivity contribution >= 4 is 40.1 Å². The van der Waals surface area contributed by atoms with E-state index in [1.165, 1.54) is 4.68 Å². The second kappa shape index (κ2) is 12.9. The Morgan fingerprint density at radius 2 is 1.84 bits per heavy atom. The Kier molecular flexibility index (Phi) is 9.08. The van der Waals surface area contributed by atoms with Crippen molar-refractivity contribution < 1.29 is 14.4 Å². The summed E-state index contributed by atoms with van der Waals surface area (Å²) in [5, 5.41) is 10.8. The minimum Gasteiger partial charge on any atom is -0.368 e. The van der Waals surface area contributed by atoms with Crippen LogP contribution >= 0.6 is 11.6 Å². The number of nitrogens with two attached hydrogens (primary N) is 1. The molecule has 0 spiro atoms. The van der Waals surface area contributed by atoms with Gasteiger partial charge in [0.1, 0.15) is 18.6 Å². The van der Waals surface area contributed by atoms with Crippen molar-refractivity contribution in [3.05, 3.63) is 94.8 Å². The van der Waals surface area contributed by atoms with Crippen LogP contribution in [0.25, 0.3) is 10.8 Å². The van der Waals surface area contributed by atoms with Crippen molar-refractivity contribution in [1.82, 2.24) is 29.7 Å². The molecule has 1 aromatic heterocycles. The first-order valence-electron chi connectivity index (χ1n) is 14.3. The molecule has 1 aliphatic heterocycles. The molecule has 10 nitrogen and oxygen atoms in total. The Balaban J connectivity index is 1.50. The first-order valence-corrected chi connectivity index (χ1v) is 14.7. The number of nitrogens with zero attached hydrogens (tertiary/aromatic N) is 6. The van der Waals surface area contributed by atoms with E-state index in [1.54, 1.807) is 40.3 Å². The summed E-state index contributed by atoms with van der Waals surface area (Å²) in [5.41, 5.74) is 8.20. The third kappa shape index (κ3) is 6.71. The van der Waals surface area contributed by atoms with Crippen molar-refractivity contribution in [2.75, 3.05) is 20.6 Å². The van der Waals surface area contributed by atoms with Gasteiger partial charge in [-0.3, -0.25) is 14.4 Å². The number of aromatic nitrogens is 3. The summed E-state index contributed by atoms with van der Waals surface area (Å²) in [6.07, 6.45) is 2.44. The molecule has 224 valence electrons. The summed E-state index contributed by atoms with van der Waals surface area (Å²) < 4.78 is 1.49. The van der Waals surface area contributed by atoms with Crippen LogP contribution in [0.15, 0.2) is 72.9 Å². The predicted octanol–water partition coefficient (Wildman–Crippen LogP) is 3.43. The van der Waals surface area contributed by atoms with Gasteiger partial charge < -0.3 is 20.4 Å². The van der Waals surface area contributed by atoms with E-state index in [2.05, 4.69) is 10.3 Å². The van der Waals surface area contributed by atoms with Crippen LogP contribution in [0.1, 0.15) is 36.2 Å². The molecular formula is C32H36ClN7O3. The SMILES string of the molecule is C[C@@H]1CCN([C@H](Cc2cccc3ccccc23)C(N)=O)C(=O)[C@H](c2cccc(Cl)c2)N1C(=O)Cn1cc(CN(C)C)nn1. The molecule has 4 aromatic rings. The fourth-order valence-corrected chi connectivity index (χ4v) is 6.06. The van der Waals surface area contributed by atoms with Crippen LogP contribution in [0, 0.1) is 0 Å². The standard InChI is InChI=1S/C32H36ClN7O3/c1-21-14-15-39(28(31(34)42)17-23-10-6-9-22-8-4-5-13-27(22)23)32(43)30(24-11-7-12-25(33)16-24)40(21)29(41)20-38-19-26(35-36-38)18-37(2)3/h4-13,16,19,21,28,30H,14-15,17-18,20H2,1-3H3,(H2,34,42)/t21-,28-,30+/m1/s1. The minimum absolute atomic E-state index is 0.0929. The molecule has 0 aliphatic carbocycles. The van der Waals surface area contributed by atoms with Gasteiger partial charge in [0.05, 0.1) is 11.9 Å². The van der Waals surface area contributed by atoms with Crippen LogP contribution in [-0.2, 0) is 33.9 Å². The van der Waals surface area contributed by atoms with Gasteiger partial charge in [-0.2, -0.15) is 0 Å². The van der Waals surface area contributed by atoms with Crippen molar-refractivity contribution in [2.24, 2.45) is 5.73 Å². The molecule has 1 aliphatic rings. The van der Waals surface area contributed by atoms with Gasteiger partial charge in [-0.15, -0.1) is 5.10 Å². The molecular weight excluding hydrogens is 566 g/mol. The van der Waals surface area contributed by atoms with Crippen molar-refractivity contribution in [3.63, 3.8) is 0 Å². The zero-order chi connectivity index (χ0) is 30.7. The van der Waals surface area contributed by atoms with E-state index in [-0.39, 0.29) is 37.4 Å². The summed E-state index contributed by atoms with van der Waals surface area (Å²) in [7, 11) is 3.85. The van der Waals surface area contributed by atoms with Crippen molar-refractivity contribution in [1.29, 1.82) is 0 Å². The van der Waals surface area contributed by atoms with E-state index in [0.717, 1.165) is 22.0 Å². The zero-order valence-corrected chi connectivity index (χ0v) is 25.3. The number of benzene rings is 3. The van der Waals surface area contributed by atoms with Gasteiger partial charge in [-0.1, -0.05) is 71.4 Å². The van der Waals surface area contributed by atoms with E-state index in [0.29, 0.717) is 23.6 Å². The maximum absolute atomic E-state index is 14.5. The third-order valence-corrected chi connectivity index (χ3v) is 8.10. The molecule has 5 rings (SSSR count). The van der Waals surface area contributed by atoms with Gasteiger partial charge >= 0.3 is 0 Å². The third-order valence-electron chi connectivity index (χ3n) is 7.87. The average molecular weight is 602 g/mol. The second-order valence-corrected chi connectivity index (χ2v) is 11.8. The van der Waals surface area contributed by atoms with E-state index in [1.807, 2.05) is 68.4 Å². The fourth-order valence-electron chi connectivity index (χ4n) is 5.86. The maximum Gasteiger partial charge on any atom is 0.250 e. The lowest BCUT2D eigenvalue weighted by Crippen LogP contribution is -2.52. The topological polar surface area (TPSA) is 118 Å². The Morgan fingerprint density at radius 3 is 2.58 bits per heavy atom. The number of fused-ring (bicyclic) bond motifs is 1. The summed E-state index contributed by atoms with van der Waals surface area (Å²) >= 11 is 6.37. The smallest absolute Gasteiger partial charge is 0.250 e. The lowest BCUT2D eigenvalue weighted by atomic mass is 9.96. The number of carbonyl (C=O) groups excluding carboxylic acids is 3. The van der Waals surface area contributed by atoms with Crippen LogP contribution in [0.2, 0.25) is 5.02 Å². The molecule has 3 atom stereocenters. The Hall–Kier alpha value is -4.28. The molecule has 0 radical (unpaired) electrons. The Bertz CT molecular complexity index is 1630. The Labute approximate surface area is 256 Å². The van der Waals surface area contributed by atoms with Gasteiger partial charge in [0.25, 0.3) is 5.91 Å². The number of hydrogen-bond acceptors (Lipinski definition) is 6. The lowest BCUT2D eigenvalue weighted by molar-refractivity contribution is -0.148. The molecule has 3 aromatic carbocycles. The molecule has 2 N–H and O–H groups in total. The second-order valence-electron chi connectivity index (χ2n) is 11.3. The highest BCUT2D eigenvalue weighted by Crippen LogP contribution is 2.33. The number of halogens is 1. The first kappa shape index (κ1) is 30.2. The van der Waals surface area contributed by atoms with Gasteiger partial charge in [-0.25, -0.2) is 4.68 Å². The average Bonchev–Trinajstić information content (AvgIpc) is 3.34. The molecule has 0 unspecified atom stereocenters. The largest absolute Gasteiger partial charge is 0.368 e. The molecule has 43 heavy (non-hydrogen) atoms. The van der Waals surface area contributed by atoms with Gasteiger partial charge in [0.2, 0.25) is 11.8 Å². The highest BCUT2D eigenvalue weighted by molar-refractivity contribution is 6.30. The molecule has 11 heteroatoms. The quantitative estimate of drug-likeness (QED) is 0.314. The number of primary amides is 1. The van der Waals surface area contributed by atoms with E-state index >= 15 is 0 Å². The summed E-state index contributed by atoms with van der Waals surface area (Å²) in [6, 6.07) is 18.5. The first-order chi connectivity index (χ1) is 20.6. The summed E-state index contributed by atoms with van der Waals surface area (Å²) in [6.45, 7) is 2.66. The van der Waals surface area contributed by atoms with E-state index < -0.39 is 18.0 Å². The predicted molar refractivity (Wildman–Crippen MR) is 165 cm³/mol. The number of rotatable bonds is 9. The van der Waals surface area contributed by atoms with Crippen molar-refractivity contribution in [3.8, 4) is 0 Å². The van der Waals surface area contributed by atoms with Gasteiger partial charge in [0, 0.05) is 30.6 Å². The normalized spacial score (nSPS) is 18.2. The summed E-state index contributed by atoms with van der Waals surface area (Å²) in [4.78, 5) is 46.6. The molecule has 0 bridgehead atoms. The summed E-state index contributed by atoms with van der Waals surface area (Å²) in [5.74, 6) is -1.27. The van der Waals surface area contributed by atoms with E-state index in [9.17, 15) is 14.4 Å². The maximum atomic E-state index is 14.5. The van der Waals surface area contributed by atoms with Crippen LogP contribution in [-0.4, -0.2) is 80.1 Å². The number of hydrogen-bond donors (Lipinski definition) is 1. The molecule has 1 fully saturated rings. The fraction of sp³-hybridized carbons (Fsp3) is 0.344. The van der Waals surface area contributed by atoms with Gasteiger partial charge in [0.15, 0.2) is 0 Å². The van der Waals surface area contributed by atoms with Crippen LogP contribution in [0.4, 0.5) is 0 Å². The molecule has 3 amide bonds. The van der Waals surface area contributed by atoms with E-state index in [4.69, 9.17) is 17.3 Å². The van der Waals surface area contributed by atoms with Crippen LogP contribution in [0.5, 0.6) is 0 Å². The molecule has 1 saturated heterocycles. The van der Waals surface area contributed by atoms with Gasteiger partial charge in [-0.05, 0) is 61.5 Å². The highest BCUT2D eigenvalue weighted by Gasteiger charge is 2.43. The van der Waals surface area contributed by atoms with Crippen LogP contribution < -0.4 is 5.73 Å². The minimum atomic E-state index is -1.01. The Morgan fingerprint density at radius 1 is 1.09 bits per heavy atom. The highest BCUT2D eigenvalue weighted by atomic mass is 35.5. The van der Waals surface area contributed by atoms with Crippen molar-refractivity contribution in [2.45, 2.75) is 51.0 Å². The monoisotopic (exact) mass is 601 g/mol. The molecule has 2 heterocycles. The number of carbonyl (C=O) groups is 3. The lowest BCUT2D eigenvalue weighted by Gasteiger charge is -2.35. The number of amides is 3. The molecule has 0 saturated carbocycles. The zero-order valence-electron chi connectivity index (χ0n) is 24.6.